The number of anilines is 1. The largest absolute Gasteiger partial charge is 0.444 e. The van der Waals surface area contributed by atoms with Gasteiger partial charge in [0.05, 0.1) is 25.2 Å². The maximum absolute atomic E-state index is 12.8. The number of carbonyl (C=O) groups is 2. The van der Waals surface area contributed by atoms with Crippen LogP contribution in [0.25, 0.3) is 0 Å². The van der Waals surface area contributed by atoms with Crippen LogP contribution in [0.3, 0.4) is 0 Å². The Morgan fingerprint density at radius 3 is 2.50 bits per heavy atom. The zero-order valence-corrected chi connectivity index (χ0v) is 20.0. The van der Waals surface area contributed by atoms with Gasteiger partial charge in [0, 0.05) is 16.9 Å². The van der Waals surface area contributed by atoms with Crippen LogP contribution in [0.2, 0.25) is 0 Å². The summed E-state index contributed by atoms with van der Waals surface area (Å²) in [6.45, 7) is 6.19. The lowest BCUT2D eigenvalue weighted by atomic mass is 9.92. The van der Waals surface area contributed by atoms with E-state index in [2.05, 4.69) is 32.5 Å². The van der Waals surface area contributed by atoms with E-state index in [0.29, 0.717) is 5.69 Å². The molecule has 0 radical (unpaired) electrons. The summed E-state index contributed by atoms with van der Waals surface area (Å²) >= 11 is 0. The molecular weight excluding hydrogens is 428 g/mol. The molecule has 1 aliphatic rings. The van der Waals surface area contributed by atoms with Gasteiger partial charge in [-0.25, -0.2) is 4.79 Å². The molecular formula is C27H32N4O3. The van der Waals surface area contributed by atoms with Crippen LogP contribution in [0.5, 0.6) is 0 Å². The predicted molar refractivity (Wildman–Crippen MR) is 132 cm³/mol. The van der Waals surface area contributed by atoms with Gasteiger partial charge in [-0.15, -0.1) is 0 Å². The molecule has 7 heteroatoms. The molecule has 0 spiro atoms. The molecule has 1 aliphatic carbocycles. The van der Waals surface area contributed by atoms with Crippen molar-refractivity contribution in [2.75, 3.05) is 5.32 Å². The number of fused-ring (bicyclic) bond motifs is 1. The van der Waals surface area contributed by atoms with Crippen molar-refractivity contribution >= 4 is 17.7 Å². The molecule has 34 heavy (non-hydrogen) atoms. The van der Waals surface area contributed by atoms with Crippen molar-refractivity contribution in [2.24, 2.45) is 0 Å². The summed E-state index contributed by atoms with van der Waals surface area (Å²) in [7, 11) is 0. The van der Waals surface area contributed by atoms with Gasteiger partial charge in [-0.3, -0.25) is 14.8 Å². The molecule has 0 saturated heterocycles. The summed E-state index contributed by atoms with van der Waals surface area (Å²) in [5.41, 5.74) is 4.48. The van der Waals surface area contributed by atoms with Crippen molar-refractivity contribution < 1.29 is 14.3 Å². The van der Waals surface area contributed by atoms with Crippen LogP contribution in [-0.2, 0) is 28.9 Å². The van der Waals surface area contributed by atoms with Crippen molar-refractivity contribution in [3.05, 3.63) is 83.2 Å². The molecule has 0 saturated carbocycles. The first-order valence-corrected chi connectivity index (χ1v) is 11.7. The third-order valence-electron chi connectivity index (χ3n) is 5.74. The maximum Gasteiger partial charge on any atom is 0.412 e. The molecule has 7 nitrogen and oxygen atoms in total. The minimum Gasteiger partial charge on any atom is -0.444 e. The van der Waals surface area contributed by atoms with Crippen molar-refractivity contribution in [1.29, 1.82) is 0 Å². The van der Waals surface area contributed by atoms with Crippen molar-refractivity contribution in [3.63, 3.8) is 0 Å². The fraction of sp³-hybridized carbons (Fsp3) is 0.370. The quantitative estimate of drug-likeness (QED) is 0.541. The molecule has 1 aromatic heterocycles. The second-order valence-corrected chi connectivity index (χ2v) is 9.70. The lowest BCUT2D eigenvalue weighted by Gasteiger charge is -2.24. The molecule has 1 atom stereocenters. The lowest BCUT2D eigenvalue weighted by Crippen LogP contribution is -2.32. The van der Waals surface area contributed by atoms with E-state index < -0.39 is 11.7 Å². The van der Waals surface area contributed by atoms with Crippen LogP contribution in [0, 0.1) is 0 Å². The Balaban J connectivity index is 1.34. The summed E-state index contributed by atoms with van der Waals surface area (Å²) < 4.78 is 7.32. The monoisotopic (exact) mass is 460 g/mol. The Morgan fingerprint density at radius 1 is 1.06 bits per heavy atom. The molecule has 4 rings (SSSR count). The average Bonchev–Trinajstić information content (AvgIpc) is 3.18. The minimum atomic E-state index is -0.556. The second kappa shape index (κ2) is 10.1. The number of nitrogens with one attached hydrogen (secondary N) is 2. The maximum atomic E-state index is 12.8. The topological polar surface area (TPSA) is 85.2 Å². The standard InChI is InChI=1S/C27H32N4O3/c1-27(2,3)34-26(33)29-21-14-12-19(13-15-21)16-25(32)30-23-10-7-11-24-22(23)17-28-31(24)18-20-8-5-4-6-9-20/h4-6,8-9,12-15,17,23H,7,10-11,16,18H2,1-3H3,(H,29,33)(H,30,32). The summed E-state index contributed by atoms with van der Waals surface area (Å²) in [4.78, 5) is 24.7. The van der Waals surface area contributed by atoms with Gasteiger partial charge in [0.15, 0.2) is 0 Å². The number of carbonyl (C=O) groups excluding carboxylic acids is 2. The van der Waals surface area contributed by atoms with Crippen LogP contribution < -0.4 is 10.6 Å². The highest BCUT2D eigenvalue weighted by Crippen LogP contribution is 2.30. The van der Waals surface area contributed by atoms with Crippen LogP contribution in [-0.4, -0.2) is 27.4 Å². The second-order valence-electron chi connectivity index (χ2n) is 9.70. The van der Waals surface area contributed by atoms with E-state index in [1.54, 1.807) is 12.1 Å². The Morgan fingerprint density at radius 2 is 1.79 bits per heavy atom. The van der Waals surface area contributed by atoms with Gasteiger partial charge in [0.1, 0.15) is 5.60 Å². The Labute approximate surface area is 200 Å². The first kappa shape index (κ1) is 23.5. The van der Waals surface area contributed by atoms with E-state index in [0.717, 1.165) is 36.9 Å². The molecule has 2 N–H and O–H groups in total. The zero-order chi connectivity index (χ0) is 24.1. The summed E-state index contributed by atoms with van der Waals surface area (Å²) in [5.74, 6) is -0.0264. The molecule has 0 bridgehead atoms. The fourth-order valence-electron chi connectivity index (χ4n) is 4.22. The van der Waals surface area contributed by atoms with Gasteiger partial charge in [-0.2, -0.15) is 5.10 Å². The van der Waals surface area contributed by atoms with E-state index >= 15 is 0 Å². The van der Waals surface area contributed by atoms with Gasteiger partial charge in [-0.05, 0) is 63.3 Å². The number of amides is 2. The fourth-order valence-corrected chi connectivity index (χ4v) is 4.22. The number of rotatable bonds is 6. The first-order chi connectivity index (χ1) is 16.3. The molecule has 2 aromatic carbocycles. The van der Waals surface area contributed by atoms with Crippen LogP contribution in [0.15, 0.2) is 60.8 Å². The summed E-state index contributed by atoms with van der Waals surface area (Å²) in [6.07, 6.45) is 4.58. The number of ether oxygens (including phenoxy) is 1. The van der Waals surface area contributed by atoms with Gasteiger partial charge in [0.2, 0.25) is 5.91 Å². The number of nitrogens with zero attached hydrogens (tertiary/aromatic N) is 2. The SMILES string of the molecule is CC(C)(C)OC(=O)Nc1ccc(CC(=O)NC2CCCc3c2cnn3Cc2ccccc2)cc1. The van der Waals surface area contributed by atoms with E-state index in [1.807, 2.05) is 57.3 Å². The van der Waals surface area contributed by atoms with Gasteiger partial charge < -0.3 is 10.1 Å². The van der Waals surface area contributed by atoms with Gasteiger partial charge in [0.25, 0.3) is 0 Å². The molecule has 0 fully saturated rings. The minimum absolute atomic E-state index is 0.0196. The van der Waals surface area contributed by atoms with E-state index in [9.17, 15) is 9.59 Å². The molecule has 2 amide bonds. The number of hydrogen-bond acceptors (Lipinski definition) is 4. The Bertz CT molecular complexity index is 1130. The van der Waals surface area contributed by atoms with E-state index in [-0.39, 0.29) is 18.4 Å². The molecule has 3 aromatic rings. The summed E-state index contributed by atoms with van der Waals surface area (Å²) in [5, 5.41) is 10.5. The van der Waals surface area contributed by atoms with E-state index in [4.69, 9.17) is 4.74 Å². The van der Waals surface area contributed by atoms with Crippen LogP contribution in [0.1, 0.15) is 62.0 Å². The van der Waals surface area contributed by atoms with Crippen LogP contribution in [0.4, 0.5) is 10.5 Å². The molecule has 1 unspecified atom stereocenters. The Hall–Kier alpha value is -3.61. The average molecular weight is 461 g/mol. The zero-order valence-electron chi connectivity index (χ0n) is 20.0. The number of aromatic nitrogens is 2. The van der Waals surface area contributed by atoms with Crippen molar-refractivity contribution in [1.82, 2.24) is 15.1 Å². The first-order valence-electron chi connectivity index (χ1n) is 11.7. The highest BCUT2D eigenvalue weighted by atomic mass is 16.6. The normalized spacial score (nSPS) is 15.3. The van der Waals surface area contributed by atoms with Gasteiger partial charge >= 0.3 is 6.09 Å². The third kappa shape index (κ3) is 6.25. The summed E-state index contributed by atoms with van der Waals surface area (Å²) in [6, 6.07) is 17.5. The number of benzene rings is 2. The predicted octanol–water partition coefficient (Wildman–Crippen LogP) is 5.01. The van der Waals surface area contributed by atoms with Gasteiger partial charge in [-0.1, -0.05) is 42.5 Å². The number of hydrogen-bond donors (Lipinski definition) is 2. The molecule has 0 aliphatic heterocycles. The van der Waals surface area contributed by atoms with E-state index in [1.165, 1.54) is 11.3 Å². The highest BCUT2D eigenvalue weighted by molar-refractivity contribution is 5.85. The highest BCUT2D eigenvalue weighted by Gasteiger charge is 2.25. The lowest BCUT2D eigenvalue weighted by molar-refractivity contribution is -0.121. The van der Waals surface area contributed by atoms with Crippen molar-refractivity contribution in [2.45, 2.75) is 64.6 Å². The molecule has 178 valence electrons. The van der Waals surface area contributed by atoms with Crippen molar-refractivity contribution in [3.8, 4) is 0 Å². The third-order valence-corrected chi connectivity index (χ3v) is 5.74. The van der Waals surface area contributed by atoms with Crippen LogP contribution >= 0.6 is 0 Å². The smallest absolute Gasteiger partial charge is 0.412 e. The molecule has 1 heterocycles. The Kier molecular flexibility index (Phi) is 7.01.